The number of Topliss-reactive ketones (excluding diaryl/α,β-unsaturated/α-hetero) is 1. The number of ketones is 1. The molecule has 0 aromatic heterocycles. The minimum atomic E-state index is -0.607. The van der Waals surface area contributed by atoms with Gasteiger partial charge in [0.05, 0.1) is 12.1 Å². The molecule has 0 amide bonds. The van der Waals surface area contributed by atoms with E-state index in [4.69, 9.17) is 0 Å². The SMILES string of the molecule is CNCC(=O)c1ccc(C2(O)CC2)cc1. The third-order valence-electron chi connectivity index (χ3n) is 2.81. The first-order chi connectivity index (χ1) is 7.15. The van der Waals surface area contributed by atoms with Crippen molar-refractivity contribution in [2.24, 2.45) is 0 Å². The maximum atomic E-state index is 11.5. The van der Waals surface area contributed by atoms with Crippen LogP contribution in [-0.4, -0.2) is 24.5 Å². The molecule has 0 spiro atoms. The molecule has 2 rings (SSSR count). The summed E-state index contributed by atoms with van der Waals surface area (Å²) in [6, 6.07) is 7.25. The van der Waals surface area contributed by atoms with Crippen molar-refractivity contribution in [2.45, 2.75) is 18.4 Å². The van der Waals surface area contributed by atoms with E-state index in [-0.39, 0.29) is 5.78 Å². The smallest absolute Gasteiger partial charge is 0.176 e. The standard InChI is InChI=1S/C12H15NO2/c1-13-8-11(14)9-2-4-10(5-3-9)12(15)6-7-12/h2-5,13,15H,6-8H2,1H3. The van der Waals surface area contributed by atoms with Gasteiger partial charge >= 0.3 is 0 Å². The van der Waals surface area contributed by atoms with E-state index in [1.807, 2.05) is 12.1 Å². The van der Waals surface area contributed by atoms with E-state index in [1.54, 1.807) is 19.2 Å². The molecular weight excluding hydrogens is 190 g/mol. The van der Waals surface area contributed by atoms with Gasteiger partial charge in [0.25, 0.3) is 0 Å². The van der Waals surface area contributed by atoms with E-state index in [0.29, 0.717) is 12.1 Å². The van der Waals surface area contributed by atoms with Crippen molar-refractivity contribution in [3.63, 3.8) is 0 Å². The lowest BCUT2D eigenvalue weighted by molar-refractivity contribution is 0.0993. The van der Waals surface area contributed by atoms with Crippen molar-refractivity contribution < 1.29 is 9.90 Å². The number of likely N-dealkylation sites (N-methyl/N-ethyl adjacent to an activating group) is 1. The van der Waals surface area contributed by atoms with Gasteiger partial charge in [0.1, 0.15) is 0 Å². The molecule has 0 unspecified atom stereocenters. The molecule has 0 saturated heterocycles. The summed E-state index contributed by atoms with van der Waals surface area (Å²) in [7, 11) is 1.75. The van der Waals surface area contributed by atoms with Gasteiger partial charge in [-0.15, -0.1) is 0 Å². The number of carbonyl (C=O) groups is 1. The van der Waals surface area contributed by atoms with Crippen LogP contribution in [0.4, 0.5) is 0 Å². The van der Waals surface area contributed by atoms with Crippen LogP contribution in [0.1, 0.15) is 28.8 Å². The predicted octanol–water partition coefficient (Wildman–Crippen LogP) is 1.07. The largest absolute Gasteiger partial charge is 0.385 e. The summed E-state index contributed by atoms with van der Waals surface area (Å²) in [6.07, 6.45) is 1.66. The number of aliphatic hydroxyl groups is 1. The summed E-state index contributed by atoms with van der Waals surface area (Å²) in [5.41, 5.74) is 1.01. The van der Waals surface area contributed by atoms with Gasteiger partial charge in [-0.3, -0.25) is 4.79 Å². The fourth-order valence-electron chi connectivity index (χ4n) is 1.64. The van der Waals surface area contributed by atoms with E-state index >= 15 is 0 Å². The Bertz CT molecular complexity index is 366. The van der Waals surface area contributed by atoms with Crippen LogP contribution in [0.25, 0.3) is 0 Å². The molecule has 2 N–H and O–H groups in total. The van der Waals surface area contributed by atoms with Crippen molar-refractivity contribution in [2.75, 3.05) is 13.6 Å². The molecule has 80 valence electrons. The van der Waals surface area contributed by atoms with Gasteiger partial charge in [-0.2, -0.15) is 0 Å². The highest BCUT2D eigenvalue weighted by Crippen LogP contribution is 2.45. The first kappa shape index (κ1) is 10.3. The Labute approximate surface area is 89.1 Å². The summed E-state index contributed by atoms with van der Waals surface area (Å²) in [6.45, 7) is 0.351. The number of hydrogen-bond acceptors (Lipinski definition) is 3. The van der Waals surface area contributed by atoms with Crippen molar-refractivity contribution in [1.29, 1.82) is 0 Å². The number of hydrogen-bond donors (Lipinski definition) is 2. The summed E-state index contributed by atoms with van der Waals surface area (Å²) in [5, 5.41) is 12.7. The molecule has 1 aromatic carbocycles. The van der Waals surface area contributed by atoms with Crippen molar-refractivity contribution in [3.05, 3.63) is 35.4 Å². The zero-order chi connectivity index (χ0) is 10.9. The third kappa shape index (κ3) is 2.08. The van der Waals surface area contributed by atoms with Gasteiger partial charge in [-0.1, -0.05) is 24.3 Å². The molecule has 1 aliphatic carbocycles. The molecule has 3 nitrogen and oxygen atoms in total. The predicted molar refractivity (Wildman–Crippen MR) is 57.8 cm³/mol. The second-order valence-electron chi connectivity index (χ2n) is 4.06. The first-order valence-corrected chi connectivity index (χ1v) is 5.16. The number of rotatable bonds is 4. The molecule has 0 atom stereocenters. The van der Waals surface area contributed by atoms with E-state index in [9.17, 15) is 9.90 Å². The third-order valence-corrected chi connectivity index (χ3v) is 2.81. The zero-order valence-corrected chi connectivity index (χ0v) is 8.79. The van der Waals surface area contributed by atoms with Crippen LogP contribution in [-0.2, 0) is 5.60 Å². The fourth-order valence-corrected chi connectivity index (χ4v) is 1.64. The van der Waals surface area contributed by atoms with Crippen LogP contribution >= 0.6 is 0 Å². The molecule has 1 fully saturated rings. The second kappa shape index (κ2) is 3.76. The van der Waals surface area contributed by atoms with Crippen LogP contribution in [0.15, 0.2) is 24.3 Å². The van der Waals surface area contributed by atoms with Crippen LogP contribution in [0.3, 0.4) is 0 Å². The number of nitrogens with one attached hydrogen (secondary N) is 1. The normalized spacial score (nSPS) is 17.5. The Morgan fingerprint density at radius 1 is 1.40 bits per heavy atom. The van der Waals surface area contributed by atoms with Crippen molar-refractivity contribution in [1.82, 2.24) is 5.32 Å². The number of benzene rings is 1. The molecule has 1 aliphatic rings. The lowest BCUT2D eigenvalue weighted by Gasteiger charge is -2.08. The van der Waals surface area contributed by atoms with E-state index < -0.39 is 5.60 Å². The van der Waals surface area contributed by atoms with Gasteiger partial charge in [-0.25, -0.2) is 0 Å². The average molecular weight is 205 g/mol. The van der Waals surface area contributed by atoms with Gasteiger partial charge in [0, 0.05) is 5.56 Å². The molecule has 1 aromatic rings. The highest BCUT2D eigenvalue weighted by Gasteiger charge is 2.41. The van der Waals surface area contributed by atoms with Crippen LogP contribution in [0.5, 0.6) is 0 Å². The molecule has 0 aliphatic heterocycles. The van der Waals surface area contributed by atoms with Crippen LogP contribution in [0, 0.1) is 0 Å². The molecule has 0 heterocycles. The van der Waals surface area contributed by atoms with Crippen molar-refractivity contribution in [3.8, 4) is 0 Å². The maximum absolute atomic E-state index is 11.5. The lowest BCUT2D eigenvalue weighted by Crippen LogP contribution is -2.18. The average Bonchev–Trinajstić information content (AvgIpc) is 2.99. The summed E-state index contributed by atoms with van der Waals surface area (Å²) in [4.78, 5) is 11.5. The minimum Gasteiger partial charge on any atom is -0.385 e. The molecule has 0 radical (unpaired) electrons. The Morgan fingerprint density at radius 3 is 2.47 bits per heavy atom. The molecule has 1 saturated carbocycles. The maximum Gasteiger partial charge on any atom is 0.176 e. The monoisotopic (exact) mass is 205 g/mol. The summed E-state index contributed by atoms with van der Waals surface area (Å²) >= 11 is 0. The van der Waals surface area contributed by atoms with Crippen LogP contribution < -0.4 is 5.32 Å². The summed E-state index contributed by atoms with van der Waals surface area (Å²) in [5.74, 6) is 0.0758. The Balaban J connectivity index is 2.13. The molecular formula is C12H15NO2. The highest BCUT2D eigenvalue weighted by molar-refractivity contribution is 5.97. The quantitative estimate of drug-likeness (QED) is 0.723. The Hall–Kier alpha value is -1.19. The lowest BCUT2D eigenvalue weighted by atomic mass is 10.0. The minimum absolute atomic E-state index is 0.0758. The number of carbonyl (C=O) groups excluding carboxylic acids is 1. The van der Waals surface area contributed by atoms with Gasteiger partial charge in [0.15, 0.2) is 5.78 Å². The highest BCUT2D eigenvalue weighted by atomic mass is 16.3. The van der Waals surface area contributed by atoms with Gasteiger partial charge < -0.3 is 10.4 Å². The topological polar surface area (TPSA) is 49.3 Å². The van der Waals surface area contributed by atoms with E-state index in [2.05, 4.69) is 5.32 Å². The zero-order valence-electron chi connectivity index (χ0n) is 8.79. The van der Waals surface area contributed by atoms with Gasteiger partial charge in [-0.05, 0) is 25.5 Å². The van der Waals surface area contributed by atoms with Crippen molar-refractivity contribution >= 4 is 5.78 Å². The first-order valence-electron chi connectivity index (χ1n) is 5.16. The van der Waals surface area contributed by atoms with Crippen LogP contribution in [0.2, 0.25) is 0 Å². The van der Waals surface area contributed by atoms with E-state index in [0.717, 1.165) is 18.4 Å². The summed E-state index contributed by atoms with van der Waals surface area (Å²) < 4.78 is 0. The Morgan fingerprint density at radius 2 is 2.00 bits per heavy atom. The van der Waals surface area contributed by atoms with E-state index in [1.165, 1.54) is 0 Å². The van der Waals surface area contributed by atoms with Gasteiger partial charge in [0.2, 0.25) is 0 Å². The second-order valence-corrected chi connectivity index (χ2v) is 4.06. The Kier molecular flexibility index (Phi) is 2.59. The molecule has 0 bridgehead atoms. The molecule has 15 heavy (non-hydrogen) atoms. The molecule has 3 heteroatoms. The fraction of sp³-hybridized carbons (Fsp3) is 0.417.